The van der Waals surface area contributed by atoms with Crippen molar-refractivity contribution in [2.45, 2.75) is 51.9 Å². The molecule has 3 aromatic heterocycles. The van der Waals surface area contributed by atoms with E-state index >= 15 is 0 Å². The lowest BCUT2D eigenvalue weighted by atomic mass is 10.1. The molecule has 1 aliphatic heterocycles. The van der Waals surface area contributed by atoms with Gasteiger partial charge >= 0.3 is 0 Å². The molecule has 8 nitrogen and oxygen atoms in total. The molecule has 0 unspecified atom stereocenters. The molecule has 4 rings (SSSR count). The van der Waals surface area contributed by atoms with Crippen molar-refractivity contribution in [2.75, 3.05) is 26.8 Å². The van der Waals surface area contributed by atoms with Crippen LogP contribution in [-0.2, 0) is 10.3 Å². The Labute approximate surface area is 182 Å². The Hall–Kier alpha value is -2.71. The maximum Gasteiger partial charge on any atom is 0.227 e. The van der Waals surface area contributed by atoms with Crippen molar-refractivity contribution in [1.29, 1.82) is 0 Å². The van der Waals surface area contributed by atoms with Crippen molar-refractivity contribution in [3.63, 3.8) is 0 Å². The van der Waals surface area contributed by atoms with Crippen LogP contribution >= 0.6 is 0 Å². The number of aromatic nitrogens is 4. The van der Waals surface area contributed by atoms with E-state index in [2.05, 4.69) is 50.0 Å². The number of hydrogen-bond donors (Lipinski definition) is 1. The van der Waals surface area contributed by atoms with Crippen molar-refractivity contribution in [1.82, 2.24) is 25.1 Å². The Morgan fingerprint density at radius 1 is 1.32 bits per heavy atom. The third-order valence-corrected chi connectivity index (χ3v) is 5.25. The smallest absolute Gasteiger partial charge is 0.227 e. The van der Waals surface area contributed by atoms with E-state index in [0.29, 0.717) is 18.2 Å². The Bertz CT molecular complexity index is 1070. The van der Waals surface area contributed by atoms with Gasteiger partial charge in [-0.15, -0.1) is 0 Å². The van der Waals surface area contributed by atoms with Gasteiger partial charge in [0, 0.05) is 31.0 Å². The fraction of sp³-hybridized carbons (Fsp3) is 0.522. The van der Waals surface area contributed by atoms with Gasteiger partial charge in [-0.1, -0.05) is 0 Å². The molecule has 166 valence electrons. The van der Waals surface area contributed by atoms with Crippen LogP contribution in [0.3, 0.4) is 0 Å². The average molecular weight is 426 g/mol. The molecule has 1 fully saturated rings. The molecule has 0 amide bonds. The number of rotatable bonds is 5. The largest absolute Gasteiger partial charge is 0.496 e. The standard InChI is InChI=1S/C23H31N5O3/c1-22(2,3)28-12-15(10-26-28)17-9-18-20(19(29-6)7-8-25-18)21(27-17)30-13-16-11-24-14-23(4,5)31-16/h7-10,12,16,24H,11,13-14H2,1-6H3/t16-/m0/s1. The Kier molecular flexibility index (Phi) is 5.61. The summed E-state index contributed by atoms with van der Waals surface area (Å²) in [6.45, 7) is 12.4. The van der Waals surface area contributed by atoms with Gasteiger partial charge in [-0.05, 0) is 46.8 Å². The summed E-state index contributed by atoms with van der Waals surface area (Å²) in [5, 5.41) is 8.66. The van der Waals surface area contributed by atoms with Crippen LogP contribution in [0.4, 0.5) is 0 Å². The molecule has 31 heavy (non-hydrogen) atoms. The monoisotopic (exact) mass is 425 g/mol. The van der Waals surface area contributed by atoms with Gasteiger partial charge in [0.2, 0.25) is 5.88 Å². The molecule has 1 atom stereocenters. The number of methoxy groups -OCH3 is 1. The minimum Gasteiger partial charge on any atom is -0.496 e. The molecule has 0 bridgehead atoms. The highest BCUT2D eigenvalue weighted by Crippen LogP contribution is 2.35. The van der Waals surface area contributed by atoms with E-state index in [-0.39, 0.29) is 17.2 Å². The lowest BCUT2D eigenvalue weighted by molar-refractivity contribution is -0.107. The fourth-order valence-electron chi connectivity index (χ4n) is 3.69. The third-order valence-electron chi connectivity index (χ3n) is 5.25. The molecular weight excluding hydrogens is 394 g/mol. The van der Waals surface area contributed by atoms with Gasteiger partial charge in [0.15, 0.2) is 0 Å². The first-order valence-corrected chi connectivity index (χ1v) is 10.6. The number of morpholine rings is 1. The summed E-state index contributed by atoms with van der Waals surface area (Å²) < 4.78 is 19.8. The van der Waals surface area contributed by atoms with Crippen LogP contribution in [0.25, 0.3) is 22.2 Å². The number of fused-ring (bicyclic) bond motifs is 1. The molecule has 0 spiro atoms. The lowest BCUT2D eigenvalue weighted by Gasteiger charge is -2.36. The van der Waals surface area contributed by atoms with Gasteiger partial charge in [-0.2, -0.15) is 5.10 Å². The first-order valence-electron chi connectivity index (χ1n) is 10.6. The van der Waals surface area contributed by atoms with Crippen molar-refractivity contribution in [3.05, 3.63) is 30.7 Å². The second-order valence-corrected chi connectivity index (χ2v) is 9.51. The lowest BCUT2D eigenvalue weighted by Crippen LogP contribution is -2.52. The SMILES string of the molecule is COc1ccnc2cc(-c3cnn(C(C)(C)C)c3)nc(OC[C@@H]3CNCC(C)(C)O3)c12. The van der Waals surface area contributed by atoms with E-state index in [9.17, 15) is 0 Å². The highest BCUT2D eigenvalue weighted by atomic mass is 16.6. The molecule has 0 aliphatic carbocycles. The number of hydrogen-bond acceptors (Lipinski definition) is 7. The van der Waals surface area contributed by atoms with Crippen molar-refractivity contribution in [2.24, 2.45) is 0 Å². The van der Waals surface area contributed by atoms with Crippen molar-refractivity contribution in [3.8, 4) is 22.9 Å². The van der Waals surface area contributed by atoms with E-state index < -0.39 is 0 Å². The van der Waals surface area contributed by atoms with E-state index in [1.54, 1.807) is 13.3 Å². The van der Waals surface area contributed by atoms with Crippen LogP contribution in [0.1, 0.15) is 34.6 Å². The molecular formula is C23H31N5O3. The molecule has 0 radical (unpaired) electrons. The summed E-state index contributed by atoms with van der Waals surface area (Å²) in [4.78, 5) is 9.36. The number of nitrogens with zero attached hydrogens (tertiary/aromatic N) is 4. The molecule has 1 N–H and O–H groups in total. The summed E-state index contributed by atoms with van der Waals surface area (Å²) >= 11 is 0. The van der Waals surface area contributed by atoms with Gasteiger partial charge in [-0.3, -0.25) is 9.67 Å². The predicted octanol–water partition coefficient (Wildman–Crippen LogP) is 3.40. The number of nitrogens with one attached hydrogen (secondary N) is 1. The second kappa shape index (κ2) is 8.09. The van der Waals surface area contributed by atoms with E-state index in [4.69, 9.17) is 19.2 Å². The van der Waals surface area contributed by atoms with E-state index in [0.717, 1.165) is 35.2 Å². The van der Waals surface area contributed by atoms with E-state index in [1.807, 2.05) is 29.2 Å². The molecule has 1 saturated heterocycles. The molecule has 8 heteroatoms. The van der Waals surface area contributed by atoms with Gasteiger partial charge in [-0.25, -0.2) is 4.98 Å². The predicted molar refractivity (Wildman–Crippen MR) is 120 cm³/mol. The topological polar surface area (TPSA) is 83.3 Å². The summed E-state index contributed by atoms with van der Waals surface area (Å²) in [5.74, 6) is 1.15. The van der Waals surface area contributed by atoms with Crippen LogP contribution in [0.2, 0.25) is 0 Å². The highest BCUT2D eigenvalue weighted by Gasteiger charge is 2.29. The van der Waals surface area contributed by atoms with Crippen molar-refractivity contribution < 1.29 is 14.2 Å². The second-order valence-electron chi connectivity index (χ2n) is 9.51. The Morgan fingerprint density at radius 3 is 2.81 bits per heavy atom. The van der Waals surface area contributed by atoms with Crippen molar-refractivity contribution >= 4 is 10.9 Å². The van der Waals surface area contributed by atoms with Gasteiger partial charge in [0.05, 0.1) is 35.7 Å². The summed E-state index contributed by atoms with van der Waals surface area (Å²) in [5.41, 5.74) is 2.06. The van der Waals surface area contributed by atoms with Crippen LogP contribution in [0, 0.1) is 0 Å². The zero-order chi connectivity index (χ0) is 22.2. The first kappa shape index (κ1) is 21.5. The van der Waals surface area contributed by atoms with Gasteiger partial charge in [0.1, 0.15) is 23.8 Å². The quantitative estimate of drug-likeness (QED) is 0.671. The van der Waals surface area contributed by atoms with Crippen LogP contribution in [0.5, 0.6) is 11.6 Å². The number of pyridine rings is 2. The molecule has 0 saturated carbocycles. The minimum atomic E-state index is -0.232. The summed E-state index contributed by atoms with van der Waals surface area (Å²) in [6, 6.07) is 3.76. The zero-order valence-electron chi connectivity index (χ0n) is 19.1. The first-order chi connectivity index (χ1) is 14.7. The minimum absolute atomic E-state index is 0.0736. The maximum absolute atomic E-state index is 6.21. The van der Waals surface area contributed by atoms with Gasteiger partial charge in [0.25, 0.3) is 0 Å². The molecule has 3 aromatic rings. The molecule has 0 aromatic carbocycles. The summed E-state index contributed by atoms with van der Waals surface area (Å²) in [7, 11) is 1.64. The Morgan fingerprint density at radius 2 is 2.13 bits per heavy atom. The maximum atomic E-state index is 6.21. The third kappa shape index (κ3) is 4.65. The van der Waals surface area contributed by atoms with Crippen LogP contribution in [-0.4, -0.2) is 58.3 Å². The highest BCUT2D eigenvalue weighted by molar-refractivity contribution is 5.92. The van der Waals surface area contributed by atoms with Gasteiger partial charge < -0.3 is 19.5 Å². The molecule has 1 aliphatic rings. The molecule has 4 heterocycles. The average Bonchev–Trinajstić information content (AvgIpc) is 3.21. The normalized spacial score (nSPS) is 18.8. The number of ether oxygens (including phenoxy) is 3. The zero-order valence-corrected chi connectivity index (χ0v) is 19.1. The summed E-state index contributed by atoms with van der Waals surface area (Å²) in [6.07, 6.45) is 5.47. The van der Waals surface area contributed by atoms with E-state index in [1.165, 1.54) is 0 Å². The fourth-order valence-corrected chi connectivity index (χ4v) is 3.69. The Balaban J connectivity index is 1.71. The van der Waals surface area contributed by atoms with Crippen LogP contribution in [0.15, 0.2) is 30.7 Å². The van der Waals surface area contributed by atoms with Crippen LogP contribution < -0.4 is 14.8 Å².